The number of halogens is 1. The lowest BCUT2D eigenvalue weighted by atomic mass is 10.2. The first-order valence-electron chi connectivity index (χ1n) is 7.45. The zero-order valence-electron chi connectivity index (χ0n) is 14.0. The van der Waals surface area contributed by atoms with Gasteiger partial charge in [-0.2, -0.15) is 0 Å². The summed E-state index contributed by atoms with van der Waals surface area (Å²) in [6.07, 6.45) is 0. The third kappa shape index (κ3) is 3.21. The van der Waals surface area contributed by atoms with Crippen LogP contribution in [0.4, 0.5) is 10.1 Å². The van der Waals surface area contributed by atoms with Crippen molar-refractivity contribution < 1.29 is 23.4 Å². The van der Waals surface area contributed by atoms with Gasteiger partial charge in [0.05, 0.1) is 21.3 Å². The number of hydrogen-bond donors (Lipinski definition) is 2. The number of methoxy groups -OCH3 is 3. The van der Waals surface area contributed by atoms with Gasteiger partial charge in [-0.1, -0.05) is 0 Å². The second kappa shape index (κ2) is 6.72. The largest absolute Gasteiger partial charge is 0.493 e. The highest BCUT2D eigenvalue weighted by Crippen LogP contribution is 2.40. The Bertz CT molecular complexity index is 911. The molecule has 0 saturated carbocycles. The molecule has 6 nitrogen and oxygen atoms in total. The highest BCUT2D eigenvalue weighted by atomic mass is 19.1. The molecule has 3 rings (SSSR count). The minimum atomic E-state index is -0.370. The fraction of sp³-hybridized carbons (Fsp3) is 0.167. The zero-order valence-corrected chi connectivity index (χ0v) is 14.0. The Morgan fingerprint density at radius 2 is 1.68 bits per heavy atom. The van der Waals surface area contributed by atoms with E-state index in [0.717, 1.165) is 0 Å². The van der Waals surface area contributed by atoms with Gasteiger partial charge in [0.2, 0.25) is 5.75 Å². The molecule has 1 heterocycles. The van der Waals surface area contributed by atoms with Crippen molar-refractivity contribution >= 4 is 22.5 Å². The maximum atomic E-state index is 13.3. The standard InChI is InChI=1S/C18H17FN2O4/c1-23-15-8-12(9-16(24-2)17(15)25-3)20-18(22)14-7-10-6-11(19)4-5-13(10)21-14/h4-9,21H,1-3H3,(H,20,22). The zero-order chi connectivity index (χ0) is 18.0. The number of H-pyrrole nitrogens is 1. The van der Waals surface area contributed by atoms with Gasteiger partial charge in [-0.15, -0.1) is 0 Å². The summed E-state index contributed by atoms with van der Waals surface area (Å²) in [4.78, 5) is 15.4. The number of carbonyl (C=O) groups is 1. The van der Waals surface area contributed by atoms with Crippen molar-refractivity contribution in [3.63, 3.8) is 0 Å². The maximum Gasteiger partial charge on any atom is 0.272 e. The number of hydrogen-bond acceptors (Lipinski definition) is 4. The first-order chi connectivity index (χ1) is 12.0. The molecule has 3 aromatic rings. The normalized spacial score (nSPS) is 10.6. The van der Waals surface area contributed by atoms with Gasteiger partial charge in [-0.05, 0) is 24.3 Å². The van der Waals surface area contributed by atoms with Crippen LogP contribution in [0.15, 0.2) is 36.4 Å². The second-order valence-electron chi connectivity index (χ2n) is 5.28. The van der Waals surface area contributed by atoms with Crippen molar-refractivity contribution in [1.29, 1.82) is 0 Å². The fourth-order valence-corrected chi connectivity index (χ4v) is 2.58. The number of benzene rings is 2. The summed E-state index contributed by atoms with van der Waals surface area (Å²) in [5.41, 5.74) is 1.47. The van der Waals surface area contributed by atoms with E-state index < -0.39 is 0 Å². The van der Waals surface area contributed by atoms with Crippen molar-refractivity contribution in [2.45, 2.75) is 0 Å². The Morgan fingerprint density at radius 1 is 1.00 bits per heavy atom. The van der Waals surface area contributed by atoms with Gasteiger partial charge in [0.25, 0.3) is 5.91 Å². The lowest BCUT2D eigenvalue weighted by Crippen LogP contribution is -2.12. The summed E-state index contributed by atoms with van der Waals surface area (Å²) in [6.45, 7) is 0. The van der Waals surface area contributed by atoms with Crippen LogP contribution in [0.2, 0.25) is 0 Å². The van der Waals surface area contributed by atoms with Gasteiger partial charge in [-0.25, -0.2) is 4.39 Å². The van der Waals surface area contributed by atoms with Crippen LogP contribution in [0, 0.1) is 5.82 Å². The van der Waals surface area contributed by atoms with Gasteiger partial charge in [0.1, 0.15) is 11.5 Å². The number of ether oxygens (including phenoxy) is 3. The van der Waals surface area contributed by atoms with Crippen LogP contribution in [0.5, 0.6) is 17.2 Å². The Morgan fingerprint density at radius 3 is 2.28 bits per heavy atom. The summed E-state index contributed by atoms with van der Waals surface area (Å²) >= 11 is 0. The van der Waals surface area contributed by atoms with Crippen LogP contribution in [0.1, 0.15) is 10.5 Å². The molecule has 0 aliphatic rings. The van der Waals surface area contributed by atoms with Crippen molar-refractivity contribution in [2.75, 3.05) is 26.6 Å². The third-order valence-electron chi connectivity index (χ3n) is 3.75. The Hall–Kier alpha value is -3.22. The molecule has 0 saturated heterocycles. The molecule has 1 amide bonds. The SMILES string of the molecule is COc1cc(NC(=O)c2cc3cc(F)ccc3[nH]2)cc(OC)c1OC. The molecule has 0 bridgehead atoms. The molecule has 25 heavy (non-hydrogen) atoms. The smallest absolute Gasteiger partial charge is 0.272 e. The average Bonchev–Trinajstić information content (AvgIpc) is 3.04. The molecule has 2 N–H and O–H groups in total. The van der Waals surface area contributed by atoms with E-state index in [9.17, 15) is 9.18 Å². The summed E-state index contributed by atoms with van der Waals surface area (Å²) in [5, 5.41) is 3.38. The van der Waals surface area contributed by atoms with Crippen LogP contribution in [-0.2, 0) is 0 Å². The average molecular weight is 344 g/mol. The van der Waals surface area contributed by atoms with Crippen molar-refractivity contribution in [3.8, 4) is 17.2 Å². The molecule has 0 aliphatic heterocycles. The summed E-state index contributed by atoms with van der Waals surface area (Å²) < 4.78 is 29.1. The fourth-order valence-electron chi connectivity index (χ4n) is 2.58. The maximum absolute atomic E-state index is 13.3. The lowest BCUT2D eigenvalue weighted by Gasteiger charge is -2.14. The predicted molar refractivity (Wildman–Crippen MR) is 92.3 cm³/mol. The molecule has 0 unspecified atom stereocenters. The molecular weight excluding hydrogens is 327 g/mol. The van der Waals surface area contributed by atoms with Crippen molar-refractivity contribution in [3.05, 3.63) is 47.9 Å². The topological polar surface area (TPSA) is 72.6 Å². The van der Waals surface area contributed by atoms with Gasteiger partial charge in [-0.3, -0.25) is 4.79 Å². The van der Waals surface area contributed by atoms with Gasteiger partial charge >= 0.3 is 0 Å². The highest BCUT2D eigenvalue weighted by Gasteiger charge is 2.16. The van der Waals surface area contributed by atoms with E-state index in [4.69, 9.17) is 14.2 Å². The molecule has 1 aromatic heterocycles. The summed E-state index contributed by atoms with van der Waals surface area (Å²) in [7, 11) is 4.49. The first kappa shape index (κ1) is 16.6. The number of carbonyl (C=O) groups excluding carboxylic acids is 1. The van der Waals surface area contributed by atoms with Crippen LogP contribution >= 0.6 is 0 Å². The van der Waals surface area contributed by atoms with E-state index in [0.29, 0.717) is 39.5 Å². The third-order valence-corrected chi connectivity index (χ3v) is 3.75. The van der Waals surface area contributed by atoms with E-state index in [2.05, 4.69) is 10.3 Å². The lowest BCUT2D eigenvalue weighted by molar-refractivity contribution is 0.102. The van der Waals surface area contributed by atoms with E-state index in [-0.39, 0.29) is 11.7 Å². The number of aromatic amines is 1. The van der Waals surface area contributed by atoms with E-state index in [1.54, 1.807) is 24.3 Å². The molecule has 7 heteroatoms. The van der Waals surface area contributed by atoms with E-state index in [1.165, 1.54) is 33.5 Å². The van der Waals surface area contributed by atoms with Gasteiger partial charge in [0.15, 0.2) is 11.5 Å². The number of fused-ring (bicyclic) bond motifs is 1. The number of nitrogens with one attached hydrogen (secondary N) is 2. The van der Waals surface area contributed by atoms with Gasteiger partial charge < -0.3 is 24.5 Å². The predicted octanol–water partition coefficient (Wildman–Crippen LogP) is 3.59. The van der Waals surface area contributed by atoms with Gasteiger partial charge in [0, 0.05) is 28.7 Å². The Balaban J connectivity index is 1.91. The molecular formula is C18H17FN2O4. The van der Waals surface area contributed by atoms with E-state index >= 15 is 0 Å². The molecule has 0 radical (unpaired) electrons. The number of amides is 1. The Labute approximate surface area is 143 Å². The first-order valence-corrected chi connectivity index (χ1v) is 7.45. The molecule has 0 fully saturated rings. The number of rotatable bonds is 5. The molecule has 0 aliphatic carbocycles. The number of aromatic nitrogens is 1. The monoisotopic (exact) mass is 344 g/mol. The minimum Gasteiger partial charge on any atom is -0.493 e. The Kier molecular flexibility index (Phi) is 4.47. The highest BCUT2D eigenvalue weighted by molar-refractivity contribution is 6.06. The molecule has 0 atom stereocenters. The number of anilines is 1. The van der Waals surface area contributed by atoms with Crippen LogP contribution in [0.3, 0.4) is 0 Å². The van der Waals surface area contributed by atoms with Crippen LogP contribution in [0.25, 0.3) is 10.9 Å². The van der Waals surface area contributed by atoms with E-state index in [1.807, 2.05) is 0 Å². The van der Waals surface area contributed by atoms with Crippen molar-refractivity contribution in [2.24, 2.45) is 0 Å². The second-order valence-corrected chi connectivity index (χ2v) is 5.28. The molecule has 0 spiro atoms. The van der Waals surface area contributed by atoms with Crippen LogP contribution in [-0.4, -0.2) is 32.2 Å². The summed E-state index contributed by atoms with van der Waals surface area (Å²) in [5.74, 6) is 0.560. The van der Waals surface area contributed by atoms with Crippen molar-refractivity contribution in [1.82, 2.24) is 4.98 Å². The molecule has 2 aromatic carbocycles. The molecule has 130 valence electrons. The summed E-state index contributed by atoms with van der Waals surface area (Å²) in [6, 6.07) is 9.12. The minimum absolute atomic E-state index is 0.314. The van der Waals surface area contributed by atoms with Crippen LogP contribution < -0.4 is 19.5 Å². The quantitative estimate of drug-likeness (QED) is 0.742.